The van der Waals surface area contributed by atoms with Crippen LogP contribution in [0.3, 0.4) is 0 Å². The van der Waals surface area contributed by atoms with Gasteiger partial charge in [-0.25, -0.2) is 18.1 Å². The Hall–Kier alpha value is -5.04. The maximum absolute atomic E-state index is 13.7. The molecule has 0 aliphatic carbocycles. The summed E-state index contributed by atoms with van der Waals surface area (Å²) in [6.45, 7) is 5.98. The van der Waals surface area contributed by atoms with E-state index in [2.05, 4.69) is 25.2 Å². The largest absolute Gasteiger partial charge is 0.475 e. The fourth-order valence-corrected chi connectivity index (χ4v) is 5.52. The van der Waals surface area contributed by atoms with Crippen LogP contribution in [0.4, 0.5) is 5.95 Å². The monoisotopic (exact) mass is 617 g/mol. The summed E-state index contributed by atoms with van der Waals surface area (Å²) >= 11 is 0. The van der Waals surface area contributed by atoms with Crippen molar-refractivity contribution < 1.29 is 32.2 Å². The van der Waals surface area contributed by atoms with Crippen LogP contribution >= 0.6 is 0 Å². The average Bonchev–Trinajstić information content (AvgIpc) is 3.49. The molecule has 228 valence electrons. The van der Waals surface area contributed by atoms with E-state index in [1.807, 2.05) is 20.8 Å². The first-order chi connectivity index (χ1) is 21.1. The summed E-state index contributed by atoms with van der Waals surface area (Å²) in [6.07, 6.45) is 2.62. The number of sulfonamides is 1. The lowest BCUT2D eigenvalue weighted by Crippen LogP contribution is -2.37. The van der Waals surface area contributed by atoms with Crippen molar-refractivity contribution in [2.45, 2.75) is 50.5 Å². The SMILES string of the molecule is CCCc1cc(C(=O)Nc2nccnn2)ccc1OC(C(=O)NS(=O)(=O)c1ccc(C(C)C)cc1)c1ccc2c(c1)OCO2. The summed E-state index contributed by atoms with van der Waals surface area (Å²) < 4.78 is 45.8. The van der Waals surface area contributed by atoms with Crippen molar-refractivity contribution in [2.75, 3.05) is 12.1 Å². The summed E-state index contributed by atoms with van der Waals surface area (Å²) in [5.74, 6) is 0.0896. The highest BCUT2D eigenvalue weighted by atomic mass is 32.2. The van der Waals surface area contributed by atoms with E-state index < -0.39 is 27.9 Å². The molecule has 2 amide bonds. The third-order valence-electron chi connectivity index (χ3n) is 6.82. The first kappa shape index (κ1) is 30.4. The van der Waals surface area contributed by atoms with Gasteiger partial charge in [0.05, 0.1) is 17.3 Å². The Morgan fingerprint density at radius 3 is 2.41 bits per heavy atom. The predicted octanol–water partition coefficient (Wildman–Crippen LogP) is 4.55. The first-order valence-electron chi connectivity index (χ1n) is 14.0. The molecule has 2 N–H and O–H groups in total. The van der Waals surface area contributed by atoms with Crippen molar-refractivity contribution in [2.24, 2.45) is 0 Å². The van der Waals surface area contributed by atoms with Gasteiger partial charge in [-0.2, -0.15) is 5.10 Å². The standard InChI is InChI=1S/C31H31N5O7S/c1-4-5-21-16-23(29(37)34-31-32-14-15-33-35-31)9-12-25(21)43-28(22-8-13-26-27(17-22)42-18-41-26)30(38)36-44(39,40)24-10-6-20(7-11-24)19(2)3/h6-17,19,28H,4-5,18H2,1-3H3,(H,36,38)(H,32,34,35,37). The zero-order valence-electron chi connectivity index (χ0n) is 24.3. The van der Waals surface area contributed by atoms with Crippen LogP contribution in [-0.2, 0) is 21.2 Å². The minimum Gasteiger partial charge on any atom is -0.475 e. The number of aryl methyl sites for hydroxylation is 1. The molecule has 12 nitrogen and oxygen atoms in total. The summed E-state index contributed by atoms with van der Waals surface area (Å²) in [7, 11) is -4.23. The maximum Gasteiger partial charge on any atom is 0.279 e. The second-order valence-electron chi connectivity index (χ2n) is 10.3. The fraction of sp³-hybridized carbons (Fsp3) is 0.258. The van der Waals surface area contributed by atoms with Gasteiger partial charge in [-0.3, -0.25) is 14.9 Å². The Bertz CT molecular complexity index is 1760. The van der Waals surface area contributed by atoms with E-state index >= 15 is 0 Å². The second kappa shape index (κ2) is 13.1. The average molecular weight is 618 g/mol. The number of nitrogens with one attached hydrogen (secondary N) is 2. The Labute approximate surface area is 254 Å². The number of fused-ring (bicyclic) bond motifs is 1. The topological polar surface area (TPSA) is 159 Å². The molecular weight excluding hydrogens is 586 g/mol. The third-order valence-corrected chi connectivity index (χ3v) is 8.19. The van der Waals surface area contributed by atoms with Gasteiger partial charge < -0.3 is 14.2 Å². The van der Waals surface area contributed by atoms with Crippen LogP contribution in [0.1, 0.15) is 66.3 Å². The molecule has 5 rings (SSSR count). The molecule has 0 saturated carbocycles. The minimum absolute atomic E-state index is 0.0194. The fourth-order valence-electron chi connectivity index (χ4n) is 4.53. The van der Waals surface area contributed by atoms with E-state index in [4.69, 9.17) is 14.2 Å². The van der Waals surface area contributed by atoms with Crippen molar-refractivity contribution in [3.05, 3.63) is 95.3 Å². The summed E-state index contributed by atoms with van der Waals surface area (Å²) in [5, 5.41) is 10.1. The Morgan fingerprint density at radius 2 is 1.70 bits per heavy atom. The Kier molecular flexibility index (Phi) is 9.04. The van der Waals surface area contributed by atoms with Crippen molar-refractivity contribution in [3.8, 4) is 17.2 Å². The lowest BCUT2D eigenvalue weighted by molar-refractivity contribution is -0.126. The molecule has 1 aliphatic rings. The molecule has 4 aromatic rings. The van der Waals surface area contributed by atoms with Crippen LogP contribution in [0, 0.1) is 0 Å². The zero-order chi connectivity index (χ0) is 31.3. The molecule has 0 spiro atoms. The van der Waals surface area contributed by atoms with Crippen molar-refractivity contribution in [3.63, 3.8) is 0 Å². The van der Waals surface area contributed by atoms with Gasteiger partial charge >= 0.3 is 0 Å². The summed E-state index contributed by atoms with van der Waals surface area (Å²) in [4.78, 5) is 30.5. The van der Waals surface area contributed by atoms with Crippen LogP contribution in [0.15, 0.2) is 78.0 Å². The van der Waals surface area contributed by atoms with E-state index in [9.17, 15) is 18.0 Å². The van der Waals surface area contributed by atoms with E-state index in [-0.39, 0.29) is 23.6 Å². The van der Waals surface area contributed by atoms with Gasteiger partial charge in [0, 0.05) is 11.1 Å². The molecule has 1 atom stereocenters. The molecule has 3 aromatic carbocycles. The minimum atomic E-state index is -4.23. The van der Waals surface area contributed by atoms with Crippen molar-refractivity contribution in [1.82, 2.24) is 19.9 Å². The highest BCUT2D eigenvalue weighted by Gasteiger charge is 2.30. The van der Waals surface area contributed by atoms with Gasteiger partial charge in [-0.15, -0.1) is 5.10 Å². The van der Waals surface area contributed by atoms with Gasteiger partial charge in [0.15, 0.2) is 11.5 Å². The van der Waals surface area contributed by atoms with E-state index in [1.165, 1.54) is 30.6 Å². The number of aromatic nitrogens is 3. The molecule has 0 radical (unpaired) electrons. The maximum atomic E-state index is 13.7. The lowest BCUT2D eigenvalue weighted by atomic mass is 10.0. The number of hydrogen-bond donors (Lipinski definition) is 2. The van der Waals surface area contributed by atoms with Gasteiger partial charge in [-0.1, -0.05) is 45.4 Å². The number of nitrogens with zero attached hydrogens (tertiary/aromatic N) is 3. The Morgan fingerprint density at radius 1 is 0.955 bits per heavy atom. The van der Waals surface area contributed by atoms with E-state index in [0.717, 1.165) is 5.56 Å². The predicted molar refractivity (Wildman–Crippen MR) is 160 cm³/mol. The molecular formula is C31H31N5O7S. The summed E-state index contributed by atoms with van der Waals surface area (Å²) in [6, 6.07) is 15.9. The molecule has 13 heteroatoms. The number of benzene rings is 3. The Balaban J connectivity index is 1.45. The second-order valence-corrected chi connectivity index (χ2v) is 12.0. The number of hydrogen-bond acceptors (Lipinski definition) is 10. The quantitative estimate of drug-likeness (QED) is 0.244. The van der Waals surface area contributed by atoms with Crippen LogP contribution in [-0.4, -0.2) is 42.2 Å². The van der Waals surface area contributed by atoms with E-state index in [1.54, 1.807) is 42.5 Å². The molecule has 0 saturated heterocycles. The summed E-state index contributed by atoms with van der Waals surface area (Å²) in [5.41, 5.74) is 2.25. The van der Waals surface area contributed by atoms with Crippen LogP contribution in [0.25, 0.3) is 0 Å². The lowest BCUT2D eigenvalue weighted by Gasteiger charge is -2.22. The highest BCUT2D eigenvalue weighted by molar-refractivity contribution is 7.90. The van der Waals surface area contributed by atoms with Crippen LogP contribution in [0.5, 0.6) is 17.2 Å². The molecule has 0 fully saturated rings. The van der Waals surface area contributed by atoms with Gasteiger partial charge in [0.1, 0.15) is 5.75 Å². The first-order valence-corrected chi connectivity index (χ1v) is 15.4. The number of rotatable bonds is 11. The molecule has 2 heterocycles. The van der Waals surface area contributed by atoms with Crippen LogP contribution in [0.2, 0.25) is 0 Å². The molecule has 1 aromatic heterocycles. The number of amides is 2. The van der Waals surface area contributed by atoms with E-state index in [0.29, 0.717) is 46.8 Å². The van der Waals surface area contributed by atoms with Gasteiger partial charge in [0.25, 0.3) is 21.8 Å². The van der Waals surface area contributed by atoms with Crippen molar-refractivity contribution >= 4 is 27.8 Å². The molecule has 1 aliphatic heterocycles. The number of carbonyl (C=O) groups is 2. The zero-order valence-corrected chi connectivity index (χ0v) is 25.1. The van der Waals surface area contributed by atoms with Gasteiger partial charge in [-0.05, 0) is 65.9 Å². The smallest absolute Gasteiger partial charge is 0.279 e. The third kappa shape index (κ3) is 6.94. The van der Waals surface area contributed by atoms with Gasteiger partial charge in [0.2, 0.25) is 18.8 Å². The number of carbonyl (C=O) groups excluding carboxylic acids is 2. The van der Waals surface area contributed by atoms with Crippen molar-refractivity contribution in [1.29, 1.82) is 0 Å². The molecule has 0 bridgehead atoms. The van der Waals surface area contributed by atoms with Crippen LogP contribution < -0.4 is 24.2 Å². The highest BCUT2D eigenvalue weighted by Crippen LogP contribution is 2.36. The number of ether oxygens (including phenoxy) is 3. The molecule has 44 heavy (non-hydrogen) atoms. The normalized spacial score (nSPS) is 12.9. The molecule has 1 unspecified atom stereocenters. The number of anilines is 1.